The molecule has 0 amide bonds. The number of rotatable bonds is 4. The maximum Gasteiger partial charge on any atom is 0.0715 e. The van der Waals surface area contributed by atoms with Crippen molar-refractivity contribution in [1.82, 2.24) is 5.32 Å². The van der Waals surface area contributed by atoms with E-state index >= 15 is 0 Å². The van der Waals surface area contributed by atoms with Crippen LogP contribution >= 0.6 is 11.3 Å². The molecule has 2 nitrogen and oxygen atoms in total. The predicted molar refractivity (Wildman–Crippen MR) is 69.8 cm³/mol. The van der Waals surface area contributed by atoms with Crippen molar-refractivity contribution in [3.63, 3.8) is 0 Å². The van der Waals surface area contributed by atoms with Crippen molar-refractivity contribution in [2.24, 2.45) is 0 Å². The lowest BCUT2D eigenvalue weighted by molar-refractivity contribution is 0.0795. The third-order valence-corrected chi connectivity index (χ3v) is 3.45. The van der Waals surface area contributed by atoms with Crippen LogP contribution in [0.1, 0.15) is 19.4 Å². The fourth-order valence-corrected chi connectivity index (χ4v) is 2.64. The topological polar surface area (TPSA) is 32.3 Å². The molecule has 0 unspecified atom stereocenters. The Hall–Kier alpha value is -0.900. The molecule has 0 aliphatic heterocycles. The number of nitrogens with one attached hydrogen (secondary N) is 1. The molecule has 0 spiro atoms. The lowest BCUT2D eigenvalue weighted by Gasteiger charge is -2.17. The van der Waals surface area contributed by atoms with E-state index in [2.05, 4.69) is 35.0 Å². The van der Waals surface area contributed by atoms with Crippen molar-refractivity contribution < 1.29 is 5.11 Å². The number of hydrogen-bond acceptors (Lipinski definition) is 3. The molecule has 0 radical (unpaired) electrons. The molecule has 16 heavy (non-hydrogen) atoms. The Morgan fingerprint density at radius 2 is 2.06 bits per heavy atom. The second-order valence-electron chi connectivity index (χ2n) is 4.67. The van der Waals surface area contributed by atoms with E-state index in [1.54, 1.807) is 11.3 Å². The van der Waals surface area contributed by atoms with Gasteiger partial charge in [0, 0.05) is 17.8 Å². The van der Waals surface area contributed by atoms with Crippen LogP contribution in [0.4, 0.5) is 0 Å². The van der Waals surface area contributed by atoms with Crippen molar-refractivity contribution >= 4 is 21.4 Å². The van der Waals surface area contributed by atoms with Crippen molar-refractivity contribution in [3.8, 4) is 0 Å². The highest BCUT2D eigenvalue weighted by Gasteiger charge is 2.11. The fraction of sp³-hybridized carbons (Fsp3) is 0.385. The zero-order chi connectivity index (χ0) is 11.6. The first-order chi connectivity index (χ1) is 7.56. The van der Waals surface area contributed by atoms with Gasteiger partial charge in [0.25, 0.3) is 0 Å². The number of aliphatic hydroxyl groups is 1. The zero-order valence-corrected chi connectivity index (χ0v) is 10.5. The molecule has 0 atom stereocenters. The molecule has 3 heteroatoms. The van der Waals surface area contributed by atoms with E-state index in [1.165, 1.54) is 15.6 Å². The normalized spacial score (nSPS) is 12.2. The van der Waals surface area contributed by atoms with Crippen LogP contribution in [0.2, 0.25) is 0 Å². The summed E-state index contributed by atoms with van der Waals surface area (Å²) >= 11 is 1.77. The number of hydrogen-bond donors (Lipinski definition) is 2. The van der Waals surface area contributed by atoms with E-state index in [-0.39, 0.29) is 0 Å². The summed E-state index contributed by atoms with van der Waals surface area (Å²) in [6.45, 7) is 5.04. The van der Waals surface area contributed by atoms with Gasteiger partial charge >= 0.3 is 0 Å². The zero-order valence-electron chi connectivity index (χ0n) is 9.66. The van der Waals surface area contributed by atoms with Crippen LogP contribution in [0.25, 0.3) is 10.1 Å². The van der Waals surface area contributed by atoms with Gasteiger partial charge in [-0.2, -0.15) is 0 Å². The van der Waals surface area contributed by atoms with Gasteiger partial charge in [-0.1, -0.05) is 18.2 Å². The molecule has 2 rings (SSSR count). The minimum Gasteiger partial charge on any atom is -0.389 e. The molecule has 86 valence electrons. The van der Waals surface area contributed by atoms with Gasteiger partial charge in [-0.3, -0.25) is 0 Å². The van der Waals surface area contributed by atoms with Crippen LogP contribution in [-0.2, 0) is 6.54 Å². The van der Waals surface area contributed by atoms with Gasteiger partial charge in [0.1, 0.15) is 0 Å². The lowest BCUT2D eigenvalue weighted by Crippen LogP contribution is -2.34. The maximum absolute atomic E-state index is 9.60. The minimum atomic E-state index is -0.647. The summed E-state index contributed by atoms with van der Waals surface area (Å²) < 4.78 is 1.32. The van der Waals surface area contributed by atoms with Crippen LogP contribution in [0.15, 0.2) is 29.6 Å². The average molecular weight is 235 g/mol. The van der Waals surface area contributed by atoms with Gasteiger partial charge in [-0.25, -0.2) is 0 Å². The molecule has 0 saturated heterocycles. The van der Waals surface area contributed by atoms with Gasteiger partial charge in [0.05, 0.1) is 5.60 Å². The summed E-state index contributed by atoms with van der Waals surface area (Å²) in [6, 6.07) is 8.41. The third kappa shape index (κ3) is 2.82. The van der Waals surface area contributed by atoms with Crippen molar-refractivity contribution in [2.45, 2.75) is 26.0 Å². The highest BCUT2D eigenvalue weighted by molar-refractivity contribution is 7.17. The predicted octanol–water partition coefficient (Wildman–Crippen LogP) is 2.76. The largest absolute Gasteiger partial charge is 0.389 e. The highest BCUT2D eigenvalue weighted by Crippen LogP contribution is 2.25. The van der Waals surface area contributed by atoms with Crippen LogP contribution in [-0.4, -0.2) is 17.3 Å². The van der Waals surface area contributed by atoms with E-state index in [1.807, 2.05) is 13.8 Å². The molecule has 2 aromatic rings. The molecule has 0 aliphatic carbocycles. The third-order valence-electron chi connectivity index (χ3n) is 2.43. The molecule has 1 aromatic heterocycles. The first kappa shape index (κ1) is 11.6. The van der Waals surface area contributed by atoms with Crippen LogP contribution < -0.4 is 5.32 Å². The first-order valence-electron chi connectivity index (χ1n) is 5.44. The number of benzene rings is 1. The van der Waals surface area contributed by atoms with Crippen molar-refractivity contribution in [2.75, 3.05) is 6.54 Å². The SMILES string of the molecule is CC(C)(O)CNCc1csc2ccccc12. The molecule has 0 aliphatic rings. The quantitative estimate of drug-likeness (QED) is 0.854. The Morgan fingerprint density at radius 1 is 1.31 bits per heavy atom. The van der Waals surface area contributed by atoms with Gasteiger partial charge in [-0.05, 0) is 36.2 Å². The average Bonchev–Trinajstić information content (AvgIpc) is 2.60. The minimum absolute atomic E-state index is 0.608. The number of fused-ring (bicyclic) bond motifs is 1. The standard InChI is InChI=1S/C13H17NOS/c1-13(2,15)9-14-7-10-8-16-12-6-4-3-5-11(10)12/h3-6,8,14-15H,7,9H2,1-2H3. The molecular formula is C13H17NOS. The molecule has 1 heterocycles. The molecule has 0 fully saturated rings. The summed E-state index contributed by atoms with van der Waals surface area (Å²) in [5, 5.41) is 16.4. The maximum atomic E-state index is 9.60. The Labute approximate surface area is 99.9 Å². The molecule has 0 bridgehead atoms. The Balaban J connectivity index is 2.05. The van der Waals surface area contributed by atoms with Crippen LogP contribution in [0.5, 0.6) is 0 Å². The van der Waals surface area contributed by atoms with E-state index in [0.717, 1.165) is 6.54 Å². The summed E-state index contributed by atoms with van der Waals surface area (Å²) in [7, 11) is 0. The van der Waals surface area contributed by atoms with Gasteiger partial charge in [0.15, 0.2) is 0 Å². The van der Waals surface area contributed by atoms with E-state index in [0.29, 0.717) is 6.54 Å². The summed E-state index contributed by atoms with van der Waals surface area (Å²) in [4.78, 5) is 0. The fourth-order valence-electron chi connectivity index (χ4n) is 1.67. The molecular weight excluding hydrogens is 218 g/mol. The monoisotopic (exact) mass is 235 g/mol. The van der Waals surface area contributed by atoms with Crippen molar-refractivity contribution in [1.29, 1.82) is 0 Å². The van der Waals surface area contributed by atoms with E-state index in [4.69, 9.17) is 0 Å². The Kier molecular flexibility index (Phi) is 3.28. The van der Waals surface area contributed by atoms with Crippen LogP contribution in [0.3, 0.4) is 0 Å². The molecule has 0 saturated carbocycles. The molecule has 2 N–H and O–H groups in total. The summed E-state index contributed by atoms with van der Waals surface area (Å²) in [6.07, 6.45) is 0. The van der Waals surface area contributed by atoms with Gasteiger partial charge < -0.3 is 10.4 Å². The summed E-state index contributed by atoms with van der Waals surface area (Å²) in [5.41, 5.74) is 0.663. The van der Waals surface area contributed by atoms with Crippen molar-refractivity contribution in [3.05, 3.63) is 35.2 Å². The Morgan fingerprint density at radius 3 is 2.81 bits per heavy atom. The van der Waals surface area contributed by atoms with E-state index in [9.17, 15) is 5.11 Å². The highest BCUT2D eigenvalue weighted by atomic mass is 32.1. The lowest BCUT2D eigenvalue weighted by atomic mass is 10.1. The first-order valence-corrected chi connectivity index (χ1v) is 6.32. The Bertz CT molecular complexity index is 470. The van der Waals surface area contributed by atoms with Crippen LogP contribution in [0, 0.1) is 0 Å². The van der Waals surface area contributed by atoms with Gasteiger partial charge in [0.2, 0.25) is 0 Å². The second kappa shape index (κ2) is 4.53. The second-order valence-corrected chi connectivity index (χ2v) is 5.58. The van der Waals surface area contributed by atoms with E-state index < -0.39 is 5.60 Å². The molecule has 1 aromatic carbocycles. The summed E-state index contributed by atoms with van der Waals surface area (Å²) in [5.74, 6) is 0. The van der Waals surface area contributed by atoms with Gasteiger partial charge in [-0.15, -0.1) is 11.3 Å². The number of thiophene rings is 1. The smallest absolute Gasteiger partial charge is 0.0715 e.